The summed E-state index contributed by atoms with van der Waals surface area (Å²) in [6.07, 6.45) is 2.05. The second-order valence-corrected chi connectivity index (χ2v) is 4.73. The van der Waals surface area contributed by atoms with Crippen LogP contribution in [0.15, 0.2) is 41.5 Å². The van der Waals surface area contributed by atoms with Crippen molar-refractivity contribution in [1.29, 1.82) is 0 Å². The molecule has 0 fully saturated rings. The Balaban J connectivity index is 1.80. The number of fused-ring (bicyclic) bond motifs is 1. The maximum Gasteiger partial charge on any atom is 0.278 e. The Bertz CT molecular complexity index is 781. The summed E-state index contributed by atoms with van der Waals surface area (Å²) >= 11 is 0. The number of aromatic nitrogens is 4. The first-order valence-electron chi connectivity index (χ1n) is 6.61. The topological polar surface area (TPSA) is 107 Å². The van der Waals surface area contributed by atoms with Crippen molar-refractivity contribution in [3.05, 3.63) is 52.6 Å². The summed E-state index contributed by atoms with van der Waals surface area (Å²) in [6.45, 7) is -0.0722. The first kappa shape index (κ1) is 13.3. The van der Waals surface area contributed by atoms with Crippen LogP contribution in [0.4, 0.5) is 5.95 Å². The molecule has 0 aliphatic heterocycles. The van der Waals surface area contributed by atoms with Gasteiger partial charge >= 0.3 is 0 Å². The highest BCUT2D eigenvalue weighted by Crippen LogP contribution is 2.08. The van der Waals surface area contributed by atoms with Crippen LogP contribution < -0.4 is 10.9 Å². The second kappa shape index (κ2) is 5.76. The Kier molecular flexibility index (Phi) is 3.65. The molecule has 0 saturated carbocycles. The summed E-state index contributed by atoms with van der Waals surface area (Å²) in [6, 6.07) is 9.55. The van der Waals surface area contributed by atoms with Crippen molar-refractivity contribution in [1.82, 2.24) is 19.9 Å². The summed E-state index contributed by atoms with van der Waals surface area (Å²) in [5.74, 6) is 0.301. The molecule has 1 aromatic carbocycles. The van der Waals surface area contributed by atoms with E-state index in [4.69, 9.17) is 0 Å². The third-order valence-corrected chi connectivity index (χ3v) is 3.18. The zero-order valence-corrected chi connectivity index (χ0v) is 11.2. The van der Waals surface area contributed by atoms with Crippen molar-refractivity contribution in [3.63, 3.8) is 0 Å². The van der Waals surface area contributed by atoms with E-state index < -0.39 is 0 Å². The van der Waals surface area contributed by atoms with Gasteiger partial charge in [-0.05, 0) is 12.0 Å². The number of aromatic amines is 2. The number of hydrogen-bond donors (Lipinski definition) is 4. The van der Waals surface area contributed by atoms with E-state index in [-0.39, 0.29) is 18.2 Å². The number of nitrogens with one attached hydrogen (secondary N) is 3. The van der Waals surface area contributed by atoms with Gasteiger partial charge < -0.3 is 15.4 Å². The monoisotopic (exact) mass is 285 g/mol. The number of benzene rings is 1. The average molecular weight is 285 g/mol. The molecule has 0 spiro atoms. The van der Waals surface area contributed by atoms with Crippen molar-refractivity contribution in [2.24, 2.45) is 0 Å². The lowest BCUT2D eigenvalue weighted by atomic mass is 10.1. The SMILES string of the molecule is O=c1[nH]c(N[C@H](CO)Cc2ccccc2)nc2nc[nH]c12. The van der Waals surface area contributed by atoms with Crippen LogP contribution in [0.2, 0.25) is 0 Å². The molecule has 7 nitrogen and oxygen atoms in total. The molecule has 7 heteroatoms. The minimum Gasteiger partial charge on any atom is -0.394 e. The van der Waals surface area contributed by atoms with Crippen molar-refractivity contribution in [2.75, 3.05) is 11.9 Å². The van der Waals surface area contributed by atoms with Crippen LogP contribution in [0.1, 0.15) is 5.56 Å². The molecule has 2 heterocycles. The highest BCUT2D eigenvalue weighted by atomic mass is 16.3. The second-order valence-electron chi connectivity index (χ2n) is 4.73. The molecule has 4 N–H and O–H groups in total. The molecule has 0 amide bonds. The normalized spacial score (nSPS) is 12.4. The van der Waals surface area contributed by atoms with E-state index in [0.29, 0.717) is 23.5 Å². The maximum absolute atomic E-state index is 11.8. The molecule has 2 aromatic heterocycles. The smallest absolute Gasteiger partial charge is 0.278 e. The Morgan fingerprint density at radius 2 is 2.10 bits per heavy atom. The van der Waals surface area contributed by atoms with Crippen LogP contribution in [0.3, 0.4) is 0 Å². The summed E-state index contributed by atoms with van der Waals surface area (Å²) in [5, 5.41) is 12.5. The number of aliphatic hydroxyl groups excluding tert-OH is 1. The standard InChI is InChI=1S/C14H15N5O2/c20-7-10(6-9-4-2-1-3-5-9)17-14-18-12-11(13(21)19-14)15-8-16-12/h1-5,8,10,20H,6-7H2,(H3,15,16,17,18,19,21)/t10-/m0/s1. The molecular weight excluding hydrogens is 270 g/mol. The minimum absolute atomic E-state index is 0.0722. The van der Waals surface area contributed by atoms with E-state index in [9.17, 15) is 9.90 Å². The van der Waals surface area contributed by atoms with Crippen molar-refractivity contribution in [3.8, 4) is 0 Å². The molecule has 0 aliphatic carbocycles. The van der Waals surface area contributed by atoms with E-state index >= 15 is 0 Å². The Labute approximate surface area is 120 Å². The summed E-state index contributed by atoms with van der Waals surface area (Å²) in [7, 11) is 0. The average Bonchev–Trinajstić information content (AvgIpc) is 2.96. The van der Waals surface area contributed by atoms with Gasteiger partial charge in [0.1, 0.15) is 0 Å². The first-order chi connectivity index (χ1) is 10.3. The van der Waals surface area contributed by atoms with Crippen LogP contribution in [0.25, 0.3) is 11.2 Å². The van der Waals surface area contributed by atoms with Crippen molar-refractivity contribution in [2.45, 2.75) is 12.5 Å². The number of hydrogen-bond acceptors (Lipinski definition) is 5. The van der Waals surface area contributed by atoms with E-state index in [1.165, 1.54) is 6.33 Å². The van der Waals surface area contributed by atoms with Crippen LogP contribution in [0.5, 0.6) is 0 Å². The summed E-state index contributed by atoms with van der Waals surface area (Å²) < 4.78 is 0. The van der Waals surface area contributed by atoms with Crippen LogP contribution in [0, 0.1) is 0 Å². The number of aliphatic hydroxyl groups is 1. The zero-order chi connectivity index (χ0) is 14.7. The lowest BCUT2D eigenvalue weighted by Gasteiger charge is -2.16. The van der Waals surface area contributed by atoms with E-state index in [1.807, 2.05) is 30.3 Å². The molecule has 0 saturated heterocycles. The van der Waals surface area contributed by atoms with Crippen molar-refractivity contribution >= 4 is 17.1 Å². The molecule has 3 rings (SSSR count). The molecule has 21 heavy (non-hydrogen) atoms. The van der Waals surface area contributed by atoms with Gasteiger partial charge in [0.05, 0.1) is 19.0 Å². The predicted molar refractivity (Wildman–Crippen MR) is 79.2 cm³/mol. The zero-order valence-electron chi connectivity index (χ0n) is 11.2. The Morgan fingerprint density at radius 3 is 2.86 bits per heavy atom. The first-order valence-corrected chi connectivity index (χ1v) is 6.61. The number of H-pyrrole nitrogens is 2. The lowest BCUT2D eigenvalue weighted by molar-refractivity contribution is 0.273. The van der Waals surface area contributed by atoms with Crippen molar-refractivity contribution < 1.29 is 5.11 Å². The lowest BCUT2D eigenvalue weighted by Crippen LogP contribution is -2.28. The fourth-order valence-corrected chi connectivity index (χ4v) is 2.16. The Hall–Kier alpha value is -2.67. The van der Waals surface area contributed by atoms with Gasteiger partial charge in [-0.15, -0.1) is 0 Å². The van der Waals surface area contributed by atoms with Gasteiger partial charge in [0.25, 0.3) is 5.56 Å². The molecule has 108 valence electrons. The molecule has 0 unspecified atom stereocenters. The third kappa shape index (κ3) is 2.92. The molecule has 0 aliphatic rings. The van der Waals surface area contributed by atoms with Gasteiger partial charge in [-0.3, -0.25) is 9.78 Å². The molecule has 0 radical (unpaired) electrons. The molecular formula is C14H15N5O2. The summed E-state index contributed by atoms with van der Waals surface area (Å²) in [4.78, 5) is 25.3. The molecule has 1 atom stereocenters. The maximum atomic E-state index is 11.8. The van der Waals surface area contributed by atoms with Gasteiger partial charge in [-0.1, -0.05) is 30.3 Å². The fourth-order valence-electron chi connectivity index (χ4n) is 2.16. The summed E-state index contributed by atoms with van der Waals surface area (Å²) in [5.41, 5.74) is 1.48. The minimum atomic E-state index is -0.295. The number of nitrogens with zero attached hydrogens (tertiary/aromatic N) is 2. The highest BCUT2D eigenvalue weighted by Gasteiger charge is 2.12. The van der Waals surface area contributed by atoms with E-state index in [0.717, 1.165) is 5.56 Å². The van der Waals surface area contributed by atoms with Gasteiger partial charge in [0.15, 0.2) is 11.2 Å². The number of imidazole rings is 1. The Morgan fingerprint density at radius 1 is 1.29 bits per heavy atom. The van der Waals surface area contributed by atoms with Crippen LogP contribution >= 0.6 is 0 Å². The number of anilines is 1. The number of rotatable bonds is 5. The van der Waals surface area contributed by atoms with Gasteiger partial charge in [0, 0.05) is 0 Å². The van der Waals surface area contributed by atoms with Gasteiger partial charge in [-0.25, -0.2) is 4.98 Å². The predicted octanol–water partition coefficient (Wildman–Crippen LogP) is 0.662. The van der Waals surface area contributed by atoms with Crippen LogP contribution in [-0.4, -0.2) is 37.7 Å². The van der Waals surface area contributed by atoms with Gasteiger partial charge in [-0.2, -0.15) is 4.98 Å². The molecule has 0 bridgehead atoms. The van der Waals surface area contributed by atoms with Gasteiger partial charge in [0.2, 0.25) is 5.95 Å². The van der Waals surface area contributed by atoms with E-state index in [2.05, 4.69) is 25.3 Å². The van der Waals surface area contributed by atoms with E-state index in [1.54, 1.807) is 0 Å². The third-order valence-electron chi connectivity index (χ3n) is 3.18. The molecule has 3 aromatic rings. The highest BCUT2D eigenvalue weighted by molar-refractivity contribution is 5.69. The fraction of sp³-hybridized carbons (Fsp3) is 0.214. The van der Waals surface area contributed by atoms with Crippen LogP contribution in [-0.2, 0) is 6.42 Å². The quantitative estimate of drug-likeness (QED) is 0.551. The largest absolute Gasteiger partial charge is 0.394 e.